The van der Waals surface area contributed by atoms with E-state index in [2.05, 4.69) is 39.8 Å². The van der Waals surface area contributed by atoms with Crippen LogP contribution in [-0.2, 0) is 9.53 Å². The zero-order valence-corrected chi connectivity index (χ0v) is 15.1. The molecule has 138 valence electrons. The Morgan fingerprint density at radius 1 is 1.20 bits per heavy atom. The van der Waals surface area contributed by atoms with E-state index in [1.165, 1.54) is 18.4 Å². The van der Waals surface area contributed by atoms with Gasteiger partial charge in [-0.15, -0.1) is 0 Å². The number of carbonyl (C=O) groups is 1. The summed E-state index contributed by atoms with van der Waals surface area (Å²) in [7, 11) is 0. The van der Waals surface area contributed by atoms with Crippen molar-refractivity contribution in [2.45, 2.75) is 31.7 Å². The molecule has 2 fully saturated rings. The number of amides is 1. The number of morpholine rings is 1. The molecule has 2 aliphatic heterocycles. The molecule has 2 saturated heterocycles. The number of piperidine rings is 1. The number of hydrogen-bond acceptors (Lipinski definition) is 4. The Morgan fingerprint density at radius 3 is 2.64 bits per heavy atom. The van der Waals surface area contributed by atoms with Crippen molar-refractivity contribution in [2.24, 2.45) is 5.92 Å². The molecular formula is C20H31N3O2. The number of nitrogens with zero attached hydrogens (tertiary/aromatic N) is 1. The smallest absolute Gasteiger partial charge is 0.220 e. The molecule has 2 aliphatic rings. The molecule has 0 spiro atoms. The Morgan fingerprint density at radius 2 is 1.92 bits per heavy atom. The summed E-state index contributed by atoms with van der Waals surface area (Å²) in [6.07, 6.45) is 4.07. The maximum absolute atomic E-state index is 12.3. The summed E-state index contributed by atoms with van der Waals surface area (Å²) in [5.41, 5.74) is 1.27. The molecule has 0 aliphatic carbocycles. The van der Waals surface area contributed by atoms with Gasteiger partial charge in [-0.25, -0.2) is 0 Å². The van der Waals surface area contributed by atoms with E-state index in [0.29, 0.717) is 18.9 Å². The SMILES string of the molecule is O=C(CCC1CCNCC1)NCC(c1ccccc1)N1CCOCC1. The van der Waals surface area contributed by atoms with E-state index in [1.54, 1.807) is 0 Å². The van der Waals surface area contributed by atoms with Crippen LogP contribution in [0.3, 0.4) is 0 Å². The first-order valence-corrected chi connectivity index (χ1v) is 9.67. The van der Waals surface area contributed by atoms with Crippen molar-refractivity contribution in [1.82, 2.24) is 15.5 Å². The van der Waals surface area contributed by atoms with Gasteiger partial charge in [-0.1, -0.05) is 30.3 Å². The van der Waals surface area contributed by atoms with E-state index in [1.807, 2.05) is 6.07 Å². The quantitative estimate of drug-likeness (QED) is 0.793. The second kappa shape index (κ2) is 9.90. The zero-order valence-electron chi connectivity index (χ0n) is 15.1. The number of benzene rings is 1. The van der Waals surface area contributed by atoms with Gasteiger partial charge in [0.1, 0.15) is 0 Å². The fourth-order valence-electron chi connectivity index (χ4n) is 3.83. The minimum atomic E-state index is 0.188. The Balaban J connectivity index is 1.50. The van der Waals surface area contributed by atoms with E-state index >= 15 is 0 Å². The van der Waals surface area contributed by atoms with E-state index in [-0.39, 0.29) is 11.9 Å². The van der Waals surface area contributed by atoms with Crippen LogP contribution in [0.4, 0.5) is 0 Å². The van der Waals surface area contributed by atoms with Crippen molar-refractivity contribution < 1.29 is 9.53 Å². The third-order valence-electron chi connectivity index (χ3n) is 5.40. The third kappa shape index (κ3) is 5.80. The molecule has 1 unspecified atom stereocenters. The van der Waals surface area contributed by atoms with Crippen LogP contribution >= 0.6 is 0 Å². The topological polar surface area (TPSA) is 53.6 Å². The van der Waals surface area contributed by atoms with E-state index in [9.17, 15) is 4.79 Å². The molecule has 3 rings (SSSR count). The second-order valence-corrected chi connectivity index (χ2v) is 7.11. The Hall–Kier alpha value is -1.43. The summed E-state index contributed by atoms with van der Waals surface area (Å²) in [5.74, 6) is 0.892. The maximum Gasteiger partial charge on any atom is 0.220 e. The Bertz CT molecular complexity index is 511. The molecule has 1 aromatic rings. The van der Waals surface area contributed by atoms with Crippen LogP contribution in [0, 0.1) is 5.92 Å². The van der Waals surface area contributed by atoms with Crippen LogP contribution in [-0.4, -0.2) is 56.7 Å². The molecule has 0 aromatic heterocycles. The first-order valence-electron chi connectivity index (χ1n) is 9.67. The van der Waals surface area contributed by atoms with Crippen LogP contribution in [0.2, 0.25) is 0 Å². The Kier molecular flexibility index (Phi) is 7.27. The van der Waals surface area contributed by atoms with Gasteiger partial charge in [0.2, 0.25) is 5.91 Å². The molecule has 1 aromatic carbocycles. The molecule has 0 bridgehead atoms. The average Bonchev–Trinajstić information content (AvgIpc) is 2.69. The molecule has 0 radical (unpaired) electrons. The highest BCUT2D eigenvalue weighted by Gasteiger charge is 2.23. The monoisotopic (exact) mass is 345 g/mol. The summed E-state index contributed by atoms with van der Waals surface area (Å²) in [6.45, 7) is 6.25. The van der Waals surface area contributed by atoms with Crippen LogP contribution in [0.25, 0.3) is 0 Å². The van der Waals surface area contributed by atoms with Crippen molar-refractivity contribution in [3.8, 4) is 0 Å². The highest BCUT2D eigenvalue weighted by Crippen LogP contribution is 2.21. The van der Waals surface area contributed by atoms with E-state index < -0.39 is 0 Å². The zero-order chi connectivity index (χ0) is 17.3. The lowest BCUT2D eigenvalue weighted by Crippen LogP contribution is -2.43. The van der Waals surface area contributed by atoms with Gasteiger partial charge in [-0.2, -0.15) is 0 Å². The number of ether oxygens (including phenoxy) is 1. The fourth-order valence-corrected chi connectivity index (χ4v) is 3.83. The molecule has 5 heteroatoms. The first kappa shape index (κ1) is 18.4. The molecule has 2 heterocycles. The van der Waals surface area contributed by atoms with Gasteiger partial charge in [-0.05, 0) is 43.8 Å². The lowest BCUT2D eigenvalue weighted by molar-refractivity contribution is -0.121. The predicted octanol–water partition coefficient (Wildman–Crippen LogP) is 1.96. The van der Waals surface area contributed by atoms with Crippen LogP contribution in [0.1, 0.15) is 37.3 Å². The highest BCUT2D eigenvalue weighted by atomic mass is 16.5. The van der Waals surface area contributed by atoms with Gasteiger partial charge in [0.15, 0.2) is 0 Å². The summed E-state index contributed by atoms with van der Waals surface area (Å²) < 4.78 is 5.48. The standard InChI is InChI=1S/C20H31N3O2/c24-20(7-6-17-8-10-21-11-9-17)22-16-19(18-4-2-1-3-5-18)23-12-14-25-15-13-23/h1-5,17,19,21H,6-16H2,(H,22,24). The molecule has 2 N–H and O–H groups in total. The Labute approximate surface area is 151 Å². The predicted molar refractivity (Wildman–Crippen MR) is 99.4 cm³/mol. The fraction of sp³-hybridized carbons (Fsp3) is 0.650. The number of nitrogens with one attached hydrogen (secondary N) is 2. The second-order valence-electron chi connectivity index (χ2n) is 7.11. The molecule has 0 saturated carbocycles. The van der Waals surface area contributed by atoms with Gasteiger partial charge in [0.25, 0.3) is 0 Å². The number of carbonyl (C=O) groups excluding carboxylic acids is 1. The summed E-state index contributed by atoms with van der Waals surface area (Å²) in [6, 6.07) is 10.7. The lowest BCUT2D eigenvalue weighted by atomic mass is 9.93. The minimum absolute atomic E-state index is 0.188. The lowest BCUT2D eigenvalue weighted by Gasteiger charge is -2.35. The molecule has 5 nitrogen and oxygen atoms in total. The van der Waals surface area contributed by atoms with Crippen molar-refractivity contribution in [1.29, 1.82) is 0 Å². The molecule has 1 amide bonds. The first-order chi connectivity index (χ1) is 12.3. The summed E-state index contributed by atoms with van der Waals surface area (Å²) in [4.78, 5) is 14.8. The van der Waals surface area contributed by atoms with Crippen LogP contribution in [0.5, 0.6) is 0 Å². The third-order valence-corrected chi connectivity index (χ3v) is 5.40. The summed E-state index contributed by atoms with van der Waals surface area (Å²) >= 11 is 0. The van der Waals surface area contributed by atoms with Crippen molar-refractivity contribution in [3.05, 3.63) is 35.9 Å². The van der Waals surface area contributed by atoms with Crippen molar-refractivity contribution in [3.63, 3.8) is 0 Å². The molecule has 25 heavy (non-hydrogen) atoms. The normalized spacial score (nSPS) is 21.0. The van der Waals surface area contributed by atoms with Gasteiger partial charge >= 0.3 is 0 Å². The average molecular weight is 345 g/mol. The number of rotatable bonds is 7. The van der Waals surface area contributed by atoms with Crippen molar-refractivity contribution >= 4 is 5.91 Å². The minimum Gasteiger partial charge on any atom is -0.379 e. The molecule has 1 atom stereocenters. The van der Waals surface area contributed by atoms with Gasteiger partial charge in [0, 0.05) is 26.1 Å². The maximum atomic E-state index is 12.3. The number of hydrogen-bond donors (Lipinski definition) is 2. The largest absolute Gasteiger partial charge is 0.379 e. The molecular weight excluding hydrogens is 314 g/mol. The van der Waals surface area contributed by atoms with Crippen LogP contribution in [0.15, 0.2) is 30.3 Å². The van der Waals surface area contributed by atoms with Gasteiger partial charge < -0.3 is 15.4 Å². The van der Waals surface area contributed by atoms with E-state index in [4.69, 9.17) is 4.74 Å². The van der Waals surface area contributed by atoms with Crippen LogP contribution < -0.4 is 10.6 Å². The van der Waals surface area contributed by atoms with Crippen molar-refractivity contribution in [2.75, 3.05) is 45.9 Å². The van der Waals surface area contributed by atoms with Gasteiger partial charge in [-0.3, -0.25) is 9.69 Å². The van der Waals surface area contributed by atoms with Gasteiger partial charge in [0.05, 0.1) is 19.3 Å². The van der Waals surface area contributed by atoms with E-state index in [0.717, 1.165) is 45.8 Å². The summed E-state index contributed by atoms with van der Waals surface area (Å²) in [5, 5.41) is 6.56. The highest BCUT2D eigenvalue weighted by molar-refractivity contribution is 5.75.